The minimum atomic E-state index is -1.14. The lowest BCUT2D eigenvalue weighted by atomic mass is 9.91. The van der Waals surface area contributed by atoms with Gasteiger partial charge in [0.15, 0.2) is 5.69 Å². The number of carbonyl (C=O) groups excluding carboxylic acids is 2. The van der Waals surface area contributed by atoms with Crippen LogP contribution < -0.4 is 0 Å². The van der Waals surface area contributed by atoms with Crippen LogP contribution in [0.25, 0.3) is 5.69 Å². The van der Waals surface area contributed by atoms with E-state index in [0.717, 1.165) is 5.01 Å². The predicted molar refractivity (Wildman–Crippen MR) is 156 cm³/mol. The molecule has 2 atom stereocenters. The number of morpholine rings is 1. The number of ether oxygens (including phenoxy) is 1. The molecule has 3 amide bonds. The van der Waals surface area contributed by atoms with Gasteiger partial charge in [-0.05, 0) is 30.9 Å². The Balaban J connectivity index is 1.48. The Bertz CT molecular complexity index is 1430. The molecule has 0 bridgehead atoms. The Hall–Kier alpha value is -3.91. The lowest BCUT2D eigenvalue weighted by Gasteiger charge is -2.43. The molecule has 14 heteroatoms. The van der Waals surface area contributed by atoms with E-state index in [2.05, 4.69) is 15.3 Å². The largest absolute Gasteiger partial charge is 0.465 e. The van der Waals surface area contributed by atoms with Crippen LogP contribution in [0.2, 0.25) is 0 Å². The highest BCUT2D eigenvalue weighted by Gasteiger charge is 2.41. The number of nitrogens with zero attached hydrogens (tertiary/aromatic N) is 7. The van der Waals surface area contributed by atoms with Crippen LogP contribution in [0.1, 0.15) is 41.5 Å². The van der Waals surface area contributed by atoms with Gasteiger partial charge in [0.05, 0.1) is 35.9 Å². The highest BCUT2D eigenvalue weighted by Crippen LogP contribution is 2.27. The molecular formula is C29H36FN7O5S. The second-order valence-electron chi connectivity index (χ2n) is 11.2. The fourth-order valence-corrected chi connectivity index (χ4v) is 6.33. The van der Waals surface area contributed by atoms with Crippen LogP contribution in [0, 0.1) is 17.7 Å². The molecular weight excluding hydrogens is 577 g/mol. The van der Waals surface area contributed by atoms with Crippen LogP contribution in [0.5, 0.6) is 0 Å². The zero-order valence-corrected chi connectivity index (χ0v) is 25.1. The van der Waals surface area contributed by atoms with Crippen LogP contribution in [0.3, 0.4) is 0 Å². The summed E-state index contributed by atoms with van der Waals surface area (Å²) in [5.41, 5.74) is 0.680. The molecule has 0 saturated carbocycles. The summed E-state index contributed by atoms with van der Waals surface area (Å²) in [4.78, 5) is 48.9. The minimum absolute atomic E-state index is 0.0398. The van der Waals surface area contributed by atoms with Crippen molar-refractivity contribution in [1.29, 1.82) is 0 Å². The fraction of sp³-hybridized carbons (Fsp3) is 0.517. The Morgan fingerprint density at radius 1 is 1.14 bits per heavy atom. The molecule has 0 unspecified atom stereocenters. The first-order valence-electron chi connectivity index (χ1n) is 14.5. The Labute approximate surface area is 253 Å². The third-order valence-corrected chi connectivity index (χ3v) is 8.58. The molecule has 4 heterocycles. The van der Waals surface area contributed by atoms with Crippen LogP contribution in [-0.4, -0.2) is 110 Å². The number of hydrogen-bond acceptors (Lipinski definition) is 8. The molecule has 230 valence electrons. The molecule has 1 N–H and O–H groups in total. The second-order valence-corrected chi connectivity index (χ2v) is 12.2. The Morgan fingerprint density at radius 2 is 1.91 bits per heavy atom. The number of rotatable bonds is 9. The summed E-state index contributed by atoms with van der Waals surface area (Å²) in [7, 11) is 0. The molecule has 2 fully saturated rings. The van der Waals surface area contributed by atoms with Crippen LogP contribution in [-0.2, 0) is 22.4 Å². The molecule has 0 spiro atoms. The smallest absolute Gasteiger partial charge is 0.407 e. The molecule has 2 saturated heterocycles. The van der Waals surface area contributed by atoms with Gasteiger partial charge in [-0.3, -0.25) is 9.59 Å². The Morgan fingerprint density at radius 3 is 2.58 bits per heavy atom. The van der Waals surface area contributed by atoms with E-state index in [9.17, 15) is 23.9 Å². The van der Waals surface area contributed by atoms with Gasteiger partial charge in [-0.25, -0.2) is 18.9 Å². The number of hydrogen-bond donors (Lipinski definition) is 1. The summed E-state index contributed by atoms with van der Waals surface area (Å²) in [6.45, 7) is 6.14. The van der Waals surface area contributed by atoms with Gasteiger partial charge >= 0.3 is 6.09 Å². The third-order valence-electron chi connectivity index (χ3n) is 7.74. The highest BCUT2D eigenvalue weighted by atomic mass is 32.1. The van der Waals surface area contributed by atoms with Gasteiger partial charge in [-0.1, -0.05) is 31.2 Å². The van der Waals surface area contributed by atoms with Gasteiger partial charge in [0.25, 0.3) is 5.91 Å². The first-order chi connectivity index (χ1) is 20.7. The van der Waals surface area contributed by atoms with Crippen molar-refractivity contribution < 1.29 is 28.6 Å². The molecule has 1 aromatic carbocycles. The molecule has 2 aromatic heterocycles. The number of thiazole rings is 1. The van der Waals surface area contributed by atoms with Crippen molar-refractivity contribution in [2.45, 2.75) is 39.2 Å². The number of likely N-dealkylation sites (tertiary alicyclic amines) is 1. The zero-order valence-electron chi connectivity index (χ0n) is 24.3. The van der Waals surface area contributed by atoms with Crippen LogP contribution in [0.15, 0.2) is 35.8 Å². The van der Waals surface area contributed by atoms with Gasteiger partial charge in [0, 0.05) is 50.7 Å². The van der Waals surface area contributed by atoms with Gasteiger partial charge in [0.2, 0.25) is 5.91 Å². The normalized spacial score (nSPS) is 19.1. The van der Waals surface area contributed by atoms with Crippen LogP contribution >= 0.6 is 11.3 Å². The zero-order chi connectivity index (χ0) is 30.5. The van der Waals surface area contributed by atoms with Gasteiger partial charge in [-0.2, -0.15) is 0 Å². The first kappa shape index (κ1) is 30.5. The van der Waals surface area contributed by atoms with Crippen molar-refractivity contribution in [2.24, 2.45) is 11.8 Å². The maximum Gasteiger partial charge on any atom is 0.407 e. The number of piperidine rings is 1. The lowest BCUT2D eigenvalue weighted by molar-refractivity contribution is -0.142. The average Bonchev–Trinajstić information content (AvgIpc) is 3.68. The standard InChI is InChI=1S/C29H36FN7O5S/c1-19(2)16-36(21-15-20(17-35(18-21)29(40)41)27(38)34-10-12-42-13-11-34)28(39)26-24(7-8-25-31-9-14-43-25)37(33-32-26)23-6-4-3-5-22(23)30/h3-6,9,14,19-21H,7-8,10-13,15-18H2,1-2H3,(H,40,41)/t20-,21+/m1/s1. The predicted octanol–water partition coefficient (Wildman–Crippen LogP) is 2.97. The second kappa shape index (κ2) is 13.6. The van der Waals surface area contributed by atoms with Crippen molar-refractivity contribution in [2.75, 3.05) is 45.9 Å². The molecule has 2 aliphatic rings. The van der Waals surface area contributed by atoms with Crippen molar-refractivity contribution in [3.05, 3.63) is 58.1 Å². The summed E-state index contributed by atoms with van der Waals surface area (Å²) in [6.07, 6.45) is 1.70. The highest BCUT2D eigenvalue weighted by molar-refractivity contribution is 7.09. The van der Waals surface area contributed by atoms with Crippen molar-refractivity contribution in [3.63, 3.8) is 0 Å². The average molecular weight is 614 g/mol. The summed E-state index contributed by atoms with van der Waals surface area (Å²) >= 11 is 1.48. The summed E-state index contributed by atoms with van der Waals surface area (Å²) in [5, 5.41) is 21.1. The van der Waals surface area contributed by atoms with E-state index in [-0.39, 0.29) is 36.3 Å². The van der Waals surface area contributed by atoms with Crippen molar-refractivity contribution >= 4 is 29.2 Å². The van der Waals surface area contributed by atoms with Gasteiger partial charge in [0.1, 0.15) is 11.5 Å². The summed E-state index contributed by atoms with van der Waals surface area (Å²) in [6, 6.07) is 5.59. The number of halogens is 1. The molecule has 43 heavy (non-hydrogen) atoms. The molecule has 5 rings (SSSR count). The lowest BCUT2D eigenvalue weighted by Crippen LogP contribution is -2.58. The van der Waals surface area contributed by atoms with Gasteiger partial charge < -0.3 is 24.5 Å². The maximum absolute atomic E-state index is 14.9. The quantitative estimate of drug-likeness (QED) is 0.390. The summed E-state index contributed by atoms with van der Waals surface area (Å²) < 4.78 is 21.6. The topological polar surface area (TPSA) is 134 Å². The molecule has 2 aliphatic heterocycles. The number of aromatic nitrogens is 4. The number of para-hydroxylation sites is 1. The fourth-order valence-electron chi connectivity index (χ4n) is 5.71. The van der Waals surface area contributed by atoms with E-state index in [1.54, 1.807) is 34.2 Å². The van der Waals surface area contributed by atoms with Crippen molar-refractivity contribution in [1.82, 2.24) is 34.7 Å². The molecule has 12 nitrogen and oxygen atoms in total. The molecule has 0 aliphatic carbocycles. The van der Waals surface area contributed by atoms with E-state index >= 15 is 0 Å². The number of carboxylic acid groups (broad SMARTS) is 1. The van der Waals surface area contributed by atoms with E-state index in [1.165, 1.54) is 27.0 Å². The number of amides is 3. The Kier molecular flexibility index (Phi) is 9.65. The van der Waals surface area contributed by atoms with E-state index in [1.807, 2.05) is 19.2 Å². The SMILES string of the molecule is CC(C)CN(C(=O)c1nnn(-c2ccccc2F)c1CCc1nccs1)[C@H]1C[C@@H](C(=O)N2CCOCC2)CN(C(=O)O)C1. The number of carbonyl (C=O) groups is 3. The number of aryl methyl sites for hydroxylation is 1. The third kappa shape index (κ3) is 7.02. The van der Waals surface area contributed by atoms with Gasteiger partial charge in [-0.15, -0.1) is 16.4 Å². The first-order valence-corrected chi connectivity index (χ1v) is 15.3. The monoisotopic (exact) mass is 613 g/mol. The van der Waals surface area contributed by atoms with Crippen LogP contribution in [0.4, 0.5) is 9.18 Å². The van der Waals surface area contributed by atoms with E-state index < -0.39 is 29.8 Å². The molecule has 0 radical (unpaired) electrons. The molecule has 3 aromatic rings. The van der Waals surface area contributed by atoms with E-state index in [0.29, 0.717) is 57.8 Å². The minimum Gasteiger partial charge on any atom is -0.465 e. The van der Waals surface area contributed by atoms with E-state index in [4.69, 9.17) is 4.74 Å². The maximum atomic E-state index is 14.9. The van der Waals surface area contributed by atoms with Crippen molar-refractivity contribution in [3.8, 4) is 5.69 Å². The number of benzene rings is 1. The summed E-state index contributed by atoms with van der Waals surface area (Å²) in [5.74, 6) is -1.63.